The molecule has 7 heteroatoms. The third kappa shape index (κ3) is 3.06. The van der Waals surface area contributed by atoms with Gasteiger partial charge >= 0.3 is 5.97 Å². The molecule has 2 aromatic heterocycles. The number of rotatable bonds is 5. The SMILES string of the molecule is CN(CCc1ccccn1)c1nc(C(=O)O)nn1C. The van der Waals surface area contributed by atoms with Crippen LogP contribution in [0.5, 0.6) is 0 Å². The second-order valence-electron chi connectivity index (χ2n) is 4.16. The Balaban J connectivity index is 2.04. The van der Waals surface area contributed by atoms with Crippen LogP contribution in [-0.2, 0) is 13.5 Å². The van der Waals surface area contributed by atoms with Crippen molar-refractivity contribution >= 4 is 11.9 Å². The Bertz CT molecular complexity index is 567. The van der Waals surface area contributed by atoms with Crippen LogP contribution in [0.3, 0.4) is 0 Å². The van der Waals surface area contributed by atoms with Crippen molar-refractivity contribution in [2.75, 3.05) is 18.5 Å². The highest BCUT2D eigenvalue weighted by atomic mass is 16.4. The molecule has 100 valence electrons. The third-order valence-corrected chi connectivity index (χ3v) is 2.70. The Hall–Kier alpha value is -2.44. The number of hydrogen-bond donors (Lipinski definition) is 1. The molecule has 7 nitrogen and oxygen atoms in total. The Morgan fingerprint density at radius 1 is 1.47 bits per heavy atom. The fourth-order valence-corrected chi connectivity index (χ4v) is 1.73. The van der Waals surface area contributed by atoms with Gasteiger partial charge in [-0.1, -0.05) is 6.07 Å². The molecule has 0 aliphatic heterocycles. The molecule has 2 rings (SSSR count). The summed E-state index contributed by atoms with van der Waals surface area (Å²) in [7, 11) is 3.52. The average Bonchev–Trinajstić information content (AvgIpc) is 2.80. The van der Waals surface area contributed by atoms with Gasteiger partial charge in [-0.05, 0) is 12.1 Å². The fourth-order valence-electron chi connectivity index (χ4n) is 1.73. The monoisotopic (exact) mass is 261 g/mol. The number of likely N-dealkylation sites (N-methyl/N-ethyl adjacent to an activating group) is 1. The molecule has 0 fully saturated rings. The minimum absolute atomic E-state index is 0.192. The van der Waals surface area contributed by atoms with E-state index in [9.17, 15) is 4.79 Å². The Morgan fingerprint density at radius 2 is 2.26 bits per heavy atom. The largest absolute Gasteiger partial charge is 0.475 e. The summed E-state index contributed by atoms with van der Waals surface area (Å²) < 4.78 is 1.46. The maximum absolute atomic E-state index is 10.8. The number of aromatic nitrogens is 4. The van der Waals surface area contributed by atoms with Crippen LogP contribution in [0.4, 0.5) is 5.95 Å². The smallest absolute Gasteiger partial charge is 0.375 e. The molecular formula is C12H15N5O2. The molecule has 0 aliphatic carbocycles. The van der Waals surface area contributed by atoms with E-state index in [-0.39, 0.29) is 5.82 Å². The normalized spacial score (nSPS) is 10.4. The predicted molar refractivity (Wildman–Crippen MR) is 69.2 cm³/mol. The Morgan fingerprint density at radius 3 is 2.84 bits per heavy atom. The zero-order valence-corrected chi connectivity index (χ0v) is 10.8. The van der Waals surface area contributed by atoms with Gasteiger partial charge in [-0.3, -0.25) is 4.98 Å². The maximum Gasteiger partial charge on any atom is 0.375 e. The zero-order valence-electron chi connectivity index (χ0n) is 10.8. The van der Waals surface area contributed by atoms with E-state index in [2.05, 4.69) is 15.1 Å². The lowest BCUT2D eigenvalue weighted by Gasteiger charge is -2.16. The highest BCUT2D eigenvalue weighted by Crippen LogP contribution is 2.09. The molecule has 0 aliphatic rings. The van der Waals surface area contributed by atoms with E-state index in [1.165, 1.54) is 4.68 Å². The van der Waals surface area contributed by atoms with Crippen molar-refractivity contribution in [2.45, 2.75) is 6.42 Å². The molecule has 0 atom stereocenters. The van der Waals surface area contributed by atoms with E-state index in [0.717, 1.165) is 12.1 Å². The van der Waals surface area contributed by atoms with Crippen LogP contribution < -0.4 is 4.90 Å². The molecule has 1 N–H and O–H groups in total. The first-order chi connectivity index (χ1) is 9.08. The number of pyridine rings is 1. The van der Waals surface area contributed by atoms with E-state index in [1.807, 2.05) is 30.1 Å². The highest BCUT2D eigenvalue weighted by Gasteiger charge is 2.16. The molecule has 0 saturated carbocycles. The number of aromatic carboxylic acids is 1. The van der Waals surface area contributed by atoms with Gasteiger partial charge < -0.3 is 10.0 Å². The Kier molecular flexibility index (Phi) is 3.74. The van der Waals surface area contributed by atoms with E-state index in [4.69, 9.17) is 5.11 Å². The van der Waals surface area contributed by atoms with Crippen LogP contribution in [-0.4, -0.2) is 44.4 Å². The standard InChI is InChI=1S/C12H15N5O2/c1-16(8-6-9-5-3-4-7-13-9)12-14-10(11(18)19)15-17(12)2/h3-5,7H,6,8H2,1-2H3,(H,18,19). The molecule has 0 aromatic carbocycles. The number of hydrogen-bond acceptors (Lipinski definition) is 5. The summed E-state index contributed by atoms with van der Waals surface area (Å²) in [5.41, 5.74) is 0.981. The topological polar surface area (TPSA) is 84.1 Å². The van der Waals surface area contributed by atoms with Crippen LogP contribution in [0, 0.1) is 0 Å². The lowest BCUT2D eigenvalue weighted by Crippen LogP contribution is -2.23. The molecule has 2 aromatic rings. The van der Waals surface area contributed by atoms with Gasteiger partial charge in [-0.2, -0.15) is 4.98 Å². The van der Waals surface area contributed by atoms with Crippen molar-refractivity contribution in [3.05, 3.63) is 35.9 Å². The van der Waals surface area contributed by atoms with E-state index >= 15 is 0 Å². The fraction of sp³-hybridized carbons (Fsp3) is 0.333. The molecular weight excluding hydrogens is 246 g/mol. The first-order valence-corrected chi connectivity index (χ1v) is 5.83. The van der Waals surface area contributed by atoms with Crippen LogP contribution >= 0.6 is 0 Å². The van der Waals surface area contributed by atoms with Gasteiger partial charge in [0, 0.05) is 39.0 Å². The summed E-state index contributed by atoms with van der Waals surface area (Å²) >= 11 is 0. The first kappa shape index (κ1) is 13.0. The molecule has 0 unspecified atom stereocenters. The molecule has 19 heavy (non-hydrogen) atoms. The van der Waals surface area contributed by atoms with Crippen molar-refractivity contribution in [2.24, 2.45) is 7.05 Å². The van der Waals surface area contributed by atoms with Gasteiger partial charge in [0.15, 0.2) is 0 Å². The maximum atomic E-state index is 10.8. The summed E-state index contributed by atoms with van der Waals surface area (Å²) in [5, 5.41) is 12.7. The van der Waals surface area contributed by atoms with Gasteiger partial charge in [0.1, 0.15) is 0 Å². The van der Waals surface area contributed by atoms with E-state index in [1.54, 1.807) is 13.2 Å². The van der Waals surface area contributed by atoms with Crippen molar-refractivity contribution in [3.63, 3.8) is 0 Å². The third-order valence-electron chi connectivity index (χ3n) is 2.70. The number of nitrogens with zero attached hydrogens (tertiary/aromatic N) is 5. The summed E-state index contributed by atoms with van der Waals surface area (Å²) in [6.07, 6.45) is 2.51. The lowest BCUT2D eigenvalue weighted by molar-refractivity contribution is 0.0683. The summed E-state index contributed by atoms with van der Waals surface area (Å²) in [4.78, 5) is 20.9. The number of carboxylic acid groups (broad SMARTS) is 1. The zero-order chi connectivity index (χ0) is 13.8. The second kappa shape index (κ2) is 5.47. The van der Waals surface area contributed by atoms with Crippen LogP contribution in [0.2, 0.25) is 0 Å². The van der Waals surface area contributed by atoms with Crippen LogP contribution in [0.1, 0.15) is 16.3 Å². The molecule has 0 amide bonds. The highest BCUT2D eigenvalue weighted by molar-refractivity contribution is 5.83. The van der Waals surface area contributed by atoms with Gasteiger partial charge in [0.2, 0.25) is 5.95 Å². The molecule has 0 saturated heterocycles. The minimum Gasteiger partial charge on any atom is -0.475 e. The minimum atomic E-state index is -1.13. The predicted octanol–water partition coefficient (Wildman–Crippen LogP) is 0.587. The van der Waals surface area contributed by atoms with Crippen molar-refractivity contribution in [3.8, 4) is 0 Å². The summed E-state index contributed by atoms with van der Waals surface area (Å²) in [6.45, 7) is 0.683. The van der Waals surface area contributed by atoms with Gasteiger partial charge in [-0.15, -0.1) is 5.10 Å². The average molecular weight is 261 g/mol. The van der Waals surface area contributed by atoms with Crippen LogP contribution in [0.15, 0.2) is 24.4 Å². The summed E-state index contributed by atoms with van der Waals surface area (Å²) in [6, 6.07) is 5.76. The molecule has 0 bridgehead atoms. The first-order valence-electron chi connectivity index (χ1n) is 5.83. The number of aryl methyl sites for hydroxylation is 1. The van der Waals surface area contributed by atoms with E-state index in [0.29, 0.717) is 12.5 Å². The van der Waals surface area contributed by atoms with Crippen molar-refractivity contribution in [1.82, 2.24) is 19.7 Å². The Labute approximate surface area is 110 Å². The van der Waals surface area contributed by atoms with Crippen molar-refractivity contribution in [1.29, 1.82) is 0 Å². The van der Waals surface area contributed by atoms with Crippen molar-refractivity contribution < 1.29 is 9.90 Å². The molecule has 0 spiro atoms. The van der Waals surface area contributed by atoms with E-state index < -0.39 is 5.97 Å². The molecule has 0 radical (unpaired) electrons. The molecule has 2 heterocycles. The van der Waals surface area contributed by atoms with Gasteiger partial charge in [0.25, 0.3) is 5.82 Å². The quantitative estimate of drug-likeness (QED) is 0.848. The van der Waals surface area contributed by atoms with Gasteiger partial charge in [-0.25, -0.2) is 9.48 Å². The number of carboxylic acids is 1. The summed E-state index contributed by atoms with van der Waals surface area (Å²) in [5.74, 6) is -0.796. The van der Waals surface area contributed by atoms with Gasteiger partial charge in [0.05, 0.1) is 0 Å². The number of carbonyl (C=O) groups is 1. The second-order valence-corrected chi connectivity index (χ2v) is 4.16. The lowest BCUT2D eigenvalue weighted by atomic mass is 10.2. The number of anilines is 1. The van der Waals surface area contributed by atoms with Crippen LogP contribution in [0.25, 0.3) is 0 Å².